The molecule has 0 spiro atoms. The summed E-state index contributed by atoms with van der Waals surface area (Å²) in [6, 6.07) is 17.6. The topological polar surface area (TPSA) is 136 Å². The number of ether oxygens (including phenoxy) is 1. The summed E-state index contributed by atoms with van der Waals surface area (Å²) in [7, 11) is 0. The third kappa shape index (κ3) is 6.76. The first-order valence-electron chi connectivity index (χ1n) is 10.1. The maximum Gasteiger partial charge on any atom is 0.407 e. The zero-order valence-corrected chi connectivity index (χ0v) is 17.8. The lowest BCUT2D eigenvalue weighted by Crippen LogP contribution is -2.47. The van der Waals surface area contributed by atoms with Crippen LogP contribution in [0.4, 0.5) is 10.5 Å². The highest BCUT2D eigenvalue weighted by atomic mass is 16.6. The summed E-state index contributed by atoms with van der Waals surface area (Å²) in [6.07, 6.45) is 0.840. The molecule has 0 unspecified atom stereocenters. The van der Waals surface area contributed by atoms with Crippen LogP contribution < -0.4 is 10.7 Å². The van der Waals surface area contributed by atoms with Crippen molar-refractivity contribution in [2.45, 2.75) is 19.4 Å². The largest absolute Gasteiger partial charge is 0.455 e. The van der Waals surface area contributed by atoms with E-state index in [1.807, 2.05) is 30.3 Å². The number of amides is 2. The Labute approximate surface area is 189 Å². The van der Waals surface area contributed by atoms with Gasteiger partial charge in [-0.1, -0.05) is 42.5 Å². The molecule has 0 aliphatic heterocycles. The second kappa shape index (κ2) is 11.2. The average molecular weight is 450 g/mol. The van der Waals surface area contributed by atoms with Gasteiger partial charge in [-0.3, -0.25) is 14.9 Å². The molecular weight excluding hydrogens is 428 g/mol. The number of hydrogen-bond acceptors (Lipinski definition) is 7. The number of hydrazone groups is 1. The van der Waals surface area contributed by atoms with Crippen LogP contribution in [-0.2, 0) is 16.0 Å². The second-order valence-corrected chi connectivity index (χ2v) is 6.85. The number of rotatable bonds is 9. The smallest absolute Gasteiger partial charge is 0.407 e. The quantitative estimate of drug-likeness (QED) is 0.290. The van der Waals surface area contributed by atoms with Gasteiger partial charge < -0.3 is 14.5 Å². The van der Waals surface area contributed by atoms with Gasteiger partial charge in [-0.05, 0) is 24.6 Å². The Morgan fingerprint density at radius 2 is 1.94 bits per heavy atom. The van der Waals surface area contributed by atoms with Crippen molar-refractivity contribution in [3.63, 3.8) is 0 Å². The number of nitro groups is 1. The van der Waals surface area contributed by atoms with E-state index in [-0.39, 0.29) is 18.7 Å². The number of benzene rings is 2. The molecule has 10 heteroatoms. The van der Waals surface area contributed by atoms with Crippen molar-refractivity contribution in [3.8, 4) is 11.3 Å². The highest BCUT2D eigenvalue weighted by molar-refractivity contribution is 5.87. The van der Waals surface area contributed by atoms with Gasteiger partial charge in [-0.25, -0.2) is 10.2 Å². The number of nitrogens with zero attached hydrogens (tertiary/aromatic N) is 2. The molecule has 0 saturated carbocycles. The summed E-state index contributed by atoms with van der Waals surface area (Å²) in [5.41, 5.74) is 3.72. The van der Waals surface area contributed by atoms with Gasteiger partial charge in [-0.15, -0.1) is 0 Å². The van der Waals surface area contributed by atoms with Crippen molar-refractivity contribution in [2.75, 3.05) is 6.61 Å². The zero-order chi connectivity index (χ0) is 23.6. The first-order chi connectivity index (χ1) is 16.0. The Morgan fingerprint density at radius 1 is 1.15 bits per heavy atom. The molecule has 2 N–H and O–H groups in total. The maximum atomic E-state index is 12.6. The predicted molar refractivity (Wildman–Crippen MR) is 121 cm³/mol. The normalized spacial score (nSPS) is 11.7. The minimum atomic E-state index is -0.902. The molecular formula is C23H22N4O6. The number of nitrogens with one attached hydrogen (secondary N) is 2. The molecule has 3 rings (SSSR count). The molecule has 0 bridgehead atoms. The molecule has 0 saturated heterocycles. The molecule has 0 aliphatic rings. The van der Waals surface area contributed by atoms with E-state index in [4.69, 9.17) is 9.15 Å². The van der Waals surface area contributed by atoms with Gasteiger partial charge in [0.2, 0.25) is 0 Å². The van der Waals surface area contributed by atoms with Crippen molar-refractivity contribution in [1.29, 1.82) is 0 Å². The summed E-state index contributed by atoms with van der Waals surface area (Å²) >= 11 is 0. The van der Waals surface area contributed by atoms with Gasteiger partial charge in [0.15, 0.2) is 0 Å². The Balaban J connectivity index is 1.65. The molecule has 2 aromatic carbocycles. The first-order valence-corrected chi connectivity index (χ1v) is 10.1. The fourth-order valence-corrected chi connectivity index (χ4v) is 2.96. The van der Waals surface area contributed by atoms with Crippen LogP contribution in [-0.4, -0.2) is 35.8 Å². The highest BCUT2D eigenvalue weighted by Crippen LogP contribution is 2.25. The van der Waals surface area contributed by atoms with E-state index >= 15 is 0 Å². The Hall–Kier alpha value is -4.47. The van der Waals surface area contributed by atoms with Crippen LogP contribution in [0.2, 0.25) is 0 Å². The molecule has 0 fully saturated rings. The molecule has 10 nitrogen and oxygen atoms in total. The van der Waals surface area contributed by atoms with Crippen LogP contribution in [0.1, 0.15) is 18.2 Å². The minimum absolute atomic E-state index is 0.0510. The van der Waals surface area contributed by atoms with E-state index in [9.17, 15) is 19.7 Å². The molecule has 1 atom stereocenters. The van der Waals surface area contributed by atoms with Crippen molar-refractivity contribution in [2.24, 2.45) is 5.10 Å². The lowest BCUT2D eigenvalue weighted by atomic mass is 10.1. The first kappa shape index (κ1) is 23.2. The van der Waals surface area contributed by atoms with Crippen molar-refractivity contribution in [3.05, 3.63) is 88.2 Å². The van der Waals surface area contributed by atoms with Crippen molar-refractivity contribution < 1.29 is 23.7 Å². The van der Waals surface area contributed by atoms with Crippen LogP contribution in [0, 0.1) is 10.1 Å². The Bertz CT molecular complexity index is 1140. The van der Waals surface area contributed by atoms with E-state index in [2.05, 4.69) is 15.8 Å². The summed E-state index contributed by atoms with van der Waals surface area (Å²) < 4.78 is 10.5. The van der Waals surface area contributed by atoms with Crippen LogP contribution in [0.3, 0.4) is 0 Å². The number of carbonyl (C=O) groups is 2. The van der Waals surface area contributed by atoms with Gasteiger partial charge in [0.25, 0.3) is 11.6 Å². The van der Waals surface area contributed by atoms with Gasteiger partial charge in [-0.2, -0.15) is 5.10 Å². The third-order valence-electron chi connectivity index (χ3n) is 4.50. The van der Waals surface area contributed by atoms with Gasteiger partial charge in [0, 0.05) is 24.1 Å². The number of non-ortho nitro benzene ring substituents is 1. The van der Waals surface area contributed by atoms with Crippen molar-refractivity contribution in [1.82, 2.24) is 10.7 Å². The Kier molecular flexibility index (Phi) is 7.90. The van der Waals surface area contributed by atoms with E-state index in [0.717, 1.165) is 5.56 Å². The number of nitro benzene ring substituents is 1. The molecule has 2 amide bonds. The summed E-state index contributed by atoms with van der Waals surface area (Å²) in [5.74, 6) is 0.209. The number of furan rings is 1. The fraction of sp³-hybridized carbons (Fsp3) is 0.174. The fourth-order valence-electron chi connectivity index (χ4n) is 2.96. The molecule has 0 radical (unpaired) electrons. The molecule has 170 valence electrons. The predicted octanol–water partition coefficient (Wildman–Crippen LogP) is 3.66. The minimum Gasteiger partial charge on any atom is -0.455 e. The summed E-state index contributed by atoms with van der Waals surface area (Å²) in [6.45, 7) is 1.84. The number of hydrogen-bond donors (Lipinski definition) is 2. The molecule has 33 heavy (non-hydrogen) atoms. The molecule has 0 aliphatic carbocycles. The standard InChI is InChI=1S/C23H22N4O6/c1-2-32-23(29)25-20(13-16-7-4-3-5-8-16)22(28)26-24-15-19-11-12-21(33-19)17-9-6-10-18(14-17)27(30)31/h3-12,14-15,20H,2,13H2,1H3,(H,25,29)(H,26,28)/b24-15-/t20-/m0/s1. The van der Waals surface area contributed by atoms with Crippen molar-refractivity contribution >= 4 is 23.9 Å². The Morgan fingerprint density at radius 3 is 2.67 bits per heavy atom. The van der Waals surface area contributed by atoms with Crippen LogP contribution in [0.5, 0.6) is 0 Å². The molecule has 1 heterocycles. The second-order valence-electron chi connectivity index (χ2n) is 6.85. The monoisotopic (exact) mass is 450 g/mol. The molecule has 3 aromatic rings. The van der Waals surface area contributed by atoms with E-state index in [0.29, 0.717) is 17.1 Å². The third-order valence-corrected chi connectivity index (χ3v) is 4.50. The summed E-state index contributed by atoms with van der Waals surface area (Å²) in [5, 5.41) is 17.4. The number of carbonyl (C=O) groups excluding carboxylic acids is 2. The van der Waals surface area contributed by atoms with E-state index < -0.39 is 23.0 Å². The van der Waals surface area contributed by atoms with E-state index in [1.54, 1.807) is 31.2 Å². The van der Waals surface area contributed by atoms with Gasteiger partial charge >= 0.3 is 6.09 Å². The van der Waals surface area contributed by atoms with Crippen LogP contribution in [0.15, 0.2) is 76.2 Å². The van der Waals surface area contributed by atoms with Crippen LogP contribution in [0.25, 0.3) is 11.3 Å². The lowest BCUT2D eigenvalue weighted by Gasteiger charge is -2.16. The van der Waals surface area contributed by atoms with Gasteiger partial charge in [0.05, 0.1) is 17.7 Å². The number of alkyl carbamates (subject to hydrolysis) is 1. The maximum absolute atomic E-state index is 12.6. The van der Waals surface area contributed by atoms with E-state index in [1.165, 1.54) is 18.3 Å². The zero-order valence-electron chi connectivity index (χ0n) is 17.8. The summed E-state index contributed by atoms with van der Waals surface area (Å²) in [4.78, 5) is 34.9. The molecule has 1 aromatic heterocycles. The highest BCUT2D eigenvalue weighted by Gasteiger charge is 2.21. The SMILES string of the molecule is CCOC(=O)N[C@@H](Cc1ccccc1)C(=O)N/N=C\c1ccc(-c2cccc([N+](=O)[O-])c2)o1. The van der Waals surface area contributed by atoms with Gasteiger partial charge in [0.1, 0.15) is 17.6 Å². The lowest BCUT2D eigenvalue weighted by molar-refractivity contribution is -0.384. The average Bonchev–Trinajstić information content (AvgIpc) is 3.28. The van der Waals surface area contributed by atoms with Crippen LogP contribution >= 0.6 is 0 Å².